The fraction of sp³-hybridized carbons (Fsp3) is 0.391. The van der Waals surface area contributed by atoms with Crippen molar-refractivity contribution in [3.63, 3.8) is 0 Å². The molecule has 0 heterocycles. The highest BCUT2D eigenvalue weighted by Gasteiger charge is 2.30. The highest BCUT2D eigenvalue weighted by Crippen LogP contribution is 2.21. The number of anilines is 1. The van der Waals surface area contributed by atoms with Gasteiger partial charge in [0.1, 0.15) is 12.6 Å². The van der Waals surface area contributed by atoms with Crippen molar-refractivity contribution in [1.29, 1.82) is 0 Å². The molecule has 174 valence electrons. The quantitative estimate of drug-likeness (QED) is 0.500. The first-order valence-corrected chi connectivity index (χ1v) is 12.7. The Hall–Kier alpha value is -2.58. The second kappa shape index (κ2) is 11.9. The van der Waals surface area contributed by atoms with Gasteiger partial charge in [0.25, 0.3) is 0 Å². The summed E-state index contributed by atoms with van der Waals surface area (Å²) < 4.78 is 25.9. The van der Waals surface area contributed by atoms with Crippen molar-refractivity contribution in [2.75, 3.05) is 23.7 Å². The zero-order chi connectivity index (χ0) is 23.7. The zero-order valence-corrected chi connectivity index (χ0v) is 20.2. The van der Waals surface area contributed by atoms with Gasteiger partial charge in [-0.05, 0) is 37.1 Å². The van der Waals surface area contributed by atoms with Gasteiger partial charge in [-0.2, -0.15) is 0 Å². The van der Waals surface area contributed by atoms with E-state index in [9.17, 15) is 18.0 Å². The Morgan fingerprint density at radius 1 is 1.06 bits per heavy atom. The summed E-state index contributed by atoms with van der Waals surface area (Å²) in [5.41, 5.74) is 1.04. The Bertz CT molecular complexity index is 1010. The molecule has 0 radical (unpaired) electrons. The van der Waals surface area contributed by atoms with Crippen LogP contribution in [-0.2, 0) is 26.2 Å². The first kappa shape index (κ1) is 25.7. The molecule has 1 unspecified atom stereocenters. The van der Waals surface area contributed by atoms with Crippen LogP contribution in [0.15, 0.2) is 54.6 Å². The maximum Gasteiger partial charge on any atom is 0.244 e. The number of hydrogen-bond donors (Lipinski definition) is 1. The van der Waals surface area contributed by atoms with E-state index in [2.05, 4.69) is 5.32 Å². The van der Waals surface area contributed by atoms with E-state index >= 15 is 0 Å². The SMILES string of the molecule is CCCCNC(=O)C(C)N(Cc1ccccc1Cl)C(=O)CN(c1ccccc1)S(C)(=O)=O. The minimum Gasteiger partial charge on any atom is -0.354 e. The lowest BCUT2D eigenvalue weighted by Gasteiger charge is -2.31. The van der Waals surface area contributed by atoms with E-state index < -0.39 is 28.5 Å². The van der Waals surface area contributed by atoms with Crippen molar-refractivity contribution in [1.82, 2.24) is 10.2 Å². The molecule has 9 heteroatoms. The monoisotopic (exact) mass is 479 g/mol. The predicted molar refractivity (Wildman–Crippen MR) is 128 cm³/mol. The van der Waals surface area contributed by atoms with Crippen LogP contribution >= 0.6 is 11.6 Å². The highest BCUT2D eigenvalue weighted by atomic mass is 35.5. The third-order valence-electron chi connectivity index (χ3n) is 5.02. The van der Waals surface area contributed by atoms with Gasteiger partial charge < -0.3 is 10.2 Å². The van der Waals surface area contributed by atoms with E-state index in [0.29, 0.717) is 22.8 Å². The fourth-order valence-electron chi connectivity index (χ4n) is 3.14. The largest absolute Gasteiger partial charge is 0.354 e. The molecule has 2 aromatic rings. The summed E-state index contributed by atoms with van der Waals surface area (Å²) in [5.74, 6) is -0.804. The van der Waals surface area contributed by atoms with Crippen LogP contribution in [0.4, 0.5) is 5.69 Å². The predicted octanol–water partition coefficient (Wildman–Crippen LogP) is 3.44. The van der Waals surface area contributed by atoms with Crippen LogP contribution in [0.5, 0.6) is 0 Å². The molecule has 0 fully saturated rings. The van der Waals surface area contributed by atoms with Gasteiger partial charge in [-0.25, -0.2) is 8.42 Å². The Balaban J connectivity index is 2.33. The Kier molecular flexibility index (Phi) is 9.53. The van der Waals surface area contributed by atoms with E-state index in [1.807, 2.05) is 6.92 Å². The van der Waals surface area contributed by atoms with Gasteiger partial charge in [0.05, 0.1) is 11.9 Å². The molecule has 0 aliphatic carbocycles. The Labute approximate surface area is 195 Å². The molecule has 0 aliphatic rings. The minimum atomic E-state index is -3.73. The minimum absolute atomic E-state index is 0.0766. The smallest absolute Gasteiger partial charge is 0.244 e. The van der Waals surface area contributed by atoms with Gasteiger partial charge in [0, 0.05) is 18.1 Å². The number of rotatable bonds is 11. The molecule has 0 bridgehead atoms. The number of amides is 2. The van der Waals surface area contributed by atoms with Gasteiger partial charge >= 0.3 is 0 Å². The van der Waals surface area contributed by atoms with Crippen LogP contribution in [0.1, 0.15) is 32.3 Å². The molecular formula is C23H30ClN3O4S. The van der Waals surface area contributed by atoms with Crippen molar-refractivity contribution in [3.05, 3.63) is 65.2 Å². The molecule has 0 saturated heterocycles. The fourth-order valence-corrected chi connectivity index (χ4v) is 4.18. The molecule has 2 amide bonds. The number of halogens is 1. The molecule has 32 heavy (non-hydrogen) atoms. The number of carbonyl (C=O) groups excluding carboxylic acids is 2. The molecule has 0 aromatic heterocycles. The second-order valence-corrected chi connectivity index (χ2v) is 9.85. The number of nitrogens with one attached hydrogen (secondary N) is 1. The number of carbonyl (C=O) groups is 2. The van der Waals surface area contributed by atoms with E-state index in [1.165, 1.54) is 4.90 Å². The number of unbranched alkanes of at least 4 members (excludes halogenated alkanes) is 1. The van der Waals surface area contributed by atoms with Crippen LogP contribution in [0.3, 0.4) is 0 Å². The highest BCUT2D eigenvalue weighted by molar-refractivity contribution is 7.92. The summed E-state index contributed by atoms with van der Waals surface area (Å²) in [6, 6.07) is 14.6. The van der Waals surface area contributed by atoms with Crippen molar-refractivity contribution in [3.8, 4) is 0 Å². The number of hydrogen-bond acceptors (Lipinski definition) is 4. The van der Waals surface area contributed by atoms with Gasteiger partial charge in [-0.15, -0.1) is 0 Å². The second-order valence-electron chi connectivity index (χ2n) is 7.54. The maximum atomic E-state index is 13.4. The molecule has 0 spiro atoms. The summed E-state index contributed by atoms with van der Waals surface area (Å²) in [6.45, 7) is 3.80. The van der Waals surface area contributed by atoms with Gasteiger partial charge in [-0.1, -0.05) is 61.3 Å². The first-order valence-electron chi connectivity index (χ1n) is 10.5. The number of para-hydroxylation sites is 1. The summed E-state index contributed by atoms with van der Waals surface area (Å²) in [5, 5.41) is 3.30. The molecule has 0 saturated carbocycles. The third kappa shape index (κ3) is 7.24. The standard InChI is InChI=1S/C23H30ClN3O4S/c1-4-5-15-25-23(29)18(2)26(16-19-11-9-10-14-21(19)24)22(28)17-27(32(3,30)31)20-12-7-6-8-13-20/h6-14,18H,4-5,15-17H2,1-3H3,(H,25,29). The van der Waals surface area contributed by atoms with Crippen LogP contribution in [-0.4, -0.2) is 50.5 Å². The maximum absolute atomic E-state index is 13.4. The van der Waals surface area contributed by atoms with Gasteiger partial charge in [0.2, 0.25) is 21.8 Å². The van der Waals surface area contributed by atoms with Gasteiger partial charge in [0.15, 0.2) is 0 Å². The topological polar surface area (TPSA) is 86.8 Å². The first-order chi connectivity index (χ1) is 15.1. The third-order valence-corrected chi connectivity index (χ3v) is 6.53. The van der Waals surface area contributed by atoms with E-state index in [0.717, 1.165) is 23.4 Å². The molecular weight excluding hydrogens is 450 g/mol. The molecule has 2 aromatic carbocycles. The summed E-state index contributed by atoms with van der Waals surface area (Å²) >= 11 is 6.29. The van der Waals surface area contributed by atoms with Crippen LogP contribution < -0.4 is 9.62 Å². The lowest BCUT2D eigenvalue weighted by molar-refractivity contribution is -0.139. The van der Waals surface area contributed by atoms with Crippen molar-refractivity contribution in [2.45, 2.75) is 39.3 Å². The lowest BCUT2D eigenvalue weighted by Crippen LogP contribution is -2.51. The van der Waals surface area contributed by atoms with Crippen molar-refractivity contribution in [2.24, 2.45) is 0 Å². The lowest BCUT2D eigenvalue weighted by atomic mass is 10.1. The van der Waals surface area contributed by atoms with Crippen LogP contribution in [0.2, 0.25) is 5.02 Å². The van der Waals surface area contributed by atoms with E-state index in [1.54, 1.807) is 61.5 Å². The summed E-state index contributed by atoms with van der Waals surface area (Å²) in [7, 11) is -3.73. The van der Waals surface area contributed by atoms with E-state index in [-0.39, 0.29) is 12.5 Å². The average molecular weight is 480 g/mol. The molecule has 7 nitrogen and oxygen atoms in total. The zero-order valence-electron chi connectivity index (χ0n) is 18.6. The normalized spacial score (nSPS) is 12.1. The van der Waals surface area contributed by atoms with Crippen molar-refractivity contribution >= 4 is 39.1 Å². The average Bonchev–Trinajstić information content (AvgIpc) is 2.76. The number of sulfonamides is 1. The Morgan fingerprint density at radius 3 is 2.28 bits per heavy atom. The molecule has 0 aliphatic heterocycles. The van der Waals surface area contributed by atoms with Crippen LogP contribution in [0, 0.1) is 0 Å². The summed E-state index contributed by atoms with van der Waals surface area (Å²) in [4.78, 5) is 27.4. The molecule has 2 rings (SSSR count). The van der Waals surface area contributed by atoms with E-state index in [4.69, 9.17) is 11.6 Å². The van der Waals surface area contributed by atoms with Gasteiger partial charge in [-0.3, -0.25) is 13.9 Å². The number of benzene rings is 2. The molecule has 1 atom stereocenters. The molecule has 1 N–H and O–H groups in total. The Morgan fingerprint density at radius 2 is 1.69 bits per heavy atom. The van der Waals surface area contributed by atoms with Crippen LogP contribution in [0.25, 0.3) is 0 Å². The summed E-state index contributed by atoms with van der Waals surface area (Å²) in [6.07, 6.45) is 2.80. The number of nitrogens with zero attached hydrogens (tertiary/aromatic N) is 2. The van der Waals surface area contributed by atoms with Crippen molar-refractivity contribution < 1.29 is 18.0 Å².